The molecule has 0 fully saturated rings. The second-order valence-electron chi connectivity index (χ2n) is 3.51. The van der Waals surface area contributed by atoms with Gasteiger partial charge < -0.3 is 9.84 Å². The van der Waals surface area contributed by atoms with E-state index in [2.05, 4.69) is 35.9 Å². The highest BCUT2D eigenvalue weighted by Crippen LogP contribution is 2.21. The Labute approximate surface area is 112 Å². The zero-order valence-electron chi connectivity index (χ0n) is 8.99. The summed E-state index contributed by atoms with van der Waals surface area (Å²) in [7, 11) is 0. The minimum Gasteiger partial charge on any atom is -0.343 e. The zero-order valence-corrected chi connectivity index (χ0v) is 11.3. The van der Waals surface area contributed by atoms with Gasteiger partial charge in [0.25, 0.3) is 0 Å². The first-order valence-electron chi connectivity index (χ1n) is 5.15. The molecule has 1 heterocycles. The van der Waals surface area contributed by atoms with Gasteiger partial charge in [0.05, 0.1) is 0 Å². The van der Waals surface area contributed by atoms with E-state index in [1.165, 1.54) is 12.0 Å². The summed E-state index contributed by atoms with van der Waals surface area (Å²) in [5.41, 5.74) is 1.17. The molecule has 90 valence electrons. The van der Waals surface area contributed by atoms with Gasteiger partial charge in [-0.1, -0.05) is 38.8 Å². The molecule has 1 N–H and O–H groups in total. The Morgan fingerprint density at radius 2 is 2.29 bits per heavy atom. The van der Waals surface area contributed by atoms with Crippen LogP contribution in [-0.2, 0) is 13.0 Å². The fourth-order valence-electron chi connectivity index (χ4n) is 1.39. The van der Waals surface area contributed by atoms with E-state index in [9.17, 15) is 0 Å². The Bertz CT molecular complexity index is 476. The van der Waals surface area contributed by atoms with Crippen LogP contribution in [0, 0.1) is 0 Å². The summed E-state index contributed by atoms with van der Waals surface area (Å²) in [6.07, 6.45) is 2.09. The lowest BCUT2D eigenvalue weighted by atomic mass is 10.2. The van der Waals surface area contributed by atoms with Crippen molar-refractivity contribution in [1.82, 2.24) is 15.5 Å². The van der Waals surface area contributed by atoms with Crippen molar-refractivity contribution in [3.8, 4) is 0 Å². The lowest BCUT2D eigenvalue weighted by Gasteiger charge is -2.06. The molecule has 4 nitrogen and oxygen atoms in total. The number of aromatic nitrogens is 2. The fourth-order valence-corrected chi connectivity index (χ4v) is 2.21. The van der Waals surface area contributed by atoms with Gasteiger partial charge in [0.1, 0.15) is 0 Å². The molecule has 2 rings (SSSR count). The van der Waals surface area contributed by atoms with Crippen LogP contribution in [0.2, 0.25) is 5.02 Å². The van der Waals surface area contributed by atoms with Crippen molar-refractivity contribution in [2.24, 2.45) is 0 Å². The molecular formula is C11H11BrClN3O. The monoisotopic (exact) mass is 315 g/mol. The molecule has 0 bridgehead atoms. The average Bonchev–Trinajstić information content (AvgIpc) is 2.79. The Balaban J connectivity index is 1.78. The standard InChI is InChI=1S/C11H11BrClN3O/c12-10-5-9(13)2-1-8(10)6-14-4-3-11-15-7-17-16-11/h1-2,5,7,14H,3-4,6H2. The number of nitrogens with zero attached hydrogens (tertiary/aromatic N) is 2. The van der Waals surface area contributed by atoms with Gasteiger partial charge in [-0.3, -0.25) is 0 Å². The third kappa shape index (κ3) is 3.80. The third-order valence-corrected chi connectivity index (χ3v) is 3.24. The summed E-state index contributed by atoms with van der Waals surface area (Å²) in [5, 5.41) is 7.77. The van der Waals surface area contributed by atoms with E-state index in [0.717, 1.165) is 29.0 Å². The van der Waals surface area contributed by atoms with Crippen molar-refractivity contribution in [1.29, 1.82) is 0 Å². The summed E-state index contributed by atoms with van der Waals surface area (Å²) in [5.74, 6) is 0.715. The van der Waals surface area contributed by atoms with Gasteiger partial charge in [0, 0.05) is 29.0 Å². The maximum absolute atomic E-state index is 5.87. The average molecular weight is 317 g/mol. The maximum Gasteiger partial charge on any atom is 0.213 e. The van der Waals surface area contributed by atoms with Crippen LogP contribution in [0.5, 0.6) is 0 Å². The van der Waals surface area contributed by atoms with E-state index in [-0.39, 0.29) is 0 Å². The molecular weight excluding hydrogens is 305 g/mol. The van der Waals surface area contributed by atoms with Gasteiger partial charge in [0.2, 0.25) is 6.39 Å². The number of hydrogen-bond acceptors (Lipinski definition) is 4. The van der Waals surface area contributed by atoms with E-state index in [1.807, 2.05) is 18.2 Å². The van der Waals surface area contributed by atoms with Crippen LogP contribution in [0.3, 0.4) is 0 Å². The molecule has 0 saturated carbocycles. The Morgan fingerprint density at radius 1 is 1.41 bits per heavy atom. The van der Waals surface area contributed by atoms with Crippen molar-refractivity contribution in [3.63, 3.8) is 0 Å². The first-order valence-corrected chi connectivity index (χ1v) is 6.32. The van der Waals surface area contributed by atoms with Crippen LogP contribution < -0.4 is 5.32 Å². The number of halogens is 2. The van der Waals surface area contributed by atoms with Crippen LogP contribution >= 0.6 is 27.5 Å². The van der Waals surface area contributed by atoms with Crippen LogP contribution in [0.15, 0.2) is 33.6 Å². The van der Waals surface area contributed by atoms with Crippen molar-refractivity contribution in [3.05, 3.63) is 45.5 Å². The molecule has 6 heteroatoms. The molecule has 0 amide bonds. The molecule has 17 heavy (non-hydrogen) atoms. The zero-order chi connectivity index (χ0) is 12.1. The number of hydrogen-bond donors (Lipinski definition) is 1. The van der Waals surface area contributed by atoms with E-state index in [0.29, 0.717) is 5.82 Å². The normalized spacial score (nSPS) is 10.7. The Hall–Kier alpha value is -0.910. The highest BCUT2D eigenvalue weighted by Gasteiger charge is 2.01. The van der Waals surface area contributed by atoms with Crippen molar-refractivity contribution in [2.45, 2.75) is 13.0 Å². The summed E-state index contributed by atoms with van der Waals surface area (Å²) in [4.78, 5) is 3.95. The smallest absolute Gasteiger partial charge is 0.213 e. The molecule has 0 unspecified atom stereocenters. The van der Waals surface area contributed by atoms with Crippen LogP contribution in [-0.4, -0.2) is 16.7 Å². The predicted molar refractivity (Wildman–Crippen MR) is 68.9 cm³/mol. The second kappa shape index (κ2) is 6.14. The van der Waals surface area contributed by atoms with Gasteiger partial charge in [-0.2, -0.15) is 4.98 Å². The van der Waals surface area contributed by atoms with E-state index in [4.69, 9.17) is 11.6 Å². The van der Waals surface area contributed by atoms with Crippen LogP contribution in [0.25, 0.3) is 0 Å². The molecule has 1 aromatic carbocycles. The van der Waals surface area contributed by atoms with Gasteiger partial charge in [-0.25, -0.2) is 0 Å². The fraction of sp³-hybridized carbons (Fsp3) is 0.273. The van der Waals surface area contributed by atoms with Crippen molar-refractivity contribution < 1.29 is 4.52 Å². The van der Waals surface area contributed by atoms with Crippen LogP contribution in [0.1, 0.15) is 11.4 Å². The number of rotatable bonds is 5. The van der Waals surface area contributed by atoms with E-state index < -0.39 is 0 Å². The minimum atomic E-state index is 0.715. The number of nitrogens with one attached hydrogen (secondary N) is 1. The Morgan fingerprint density at radius 3 is 3.00 bits per heavy atom. The topological polar surface area (TPSA) is 51.0 Å². The quantitative estimate of drug-likeness (QED) is 0.862. The van der Waals surface area contributed by atoms with E-state index in [1.54, 1.807) is 0 Å². The maximum atomic E-state index is 5.87. The lowest BCUT2D eigenvalue weighted by molar-refractivity contribution is 0.409. The second-order valence-corrected chi connectivity index (χ2v) is 4.80. The molecule has 1 aromatic heterocycles. The third-order valence-electron chi connectivity index (χ3n) is 2.26. The van der Waals surface area contributed by atoms with Crippen molar-refractivity contribution >= 4 is 27.5 Å². The molecule has 0 aliphatic carbocycles. The summed E-state index contributed by atoms with van der Waals surface area (Å²) < 4.78 is 5.66. The molecule has 0 saturated heterocycles. The van der Waals surface area contributed by atoms with Gasteiger partial charge >= 0.3 is 0 Å². The van der Waals surface area contributed by atoms with E-state index >= 15 is 0 Å². The predicted octanol–water partition coefficient (Wildman–Crippen LogP) is 2.82. The summed E-state index contributed by atoms with van der Waals surface area (Å²) in [6.45, 7) is 1.57. The molecule has 0 atom stereocenters. The molecule has 0 aliphatic heterocycles. The largest absolute Gasteiger partial charge is 0.343 e. The first kappa shape index (κ1) is 12.5. The molecule has 0 radical (unpaired) electrons. The summed E-state index contributed by atoms with van der Waals surface area (Å²) in [6, 6.07) is 5.76. The van der Waals surface area contributed by atoms with Gasteiger partial charge in [-0.15, -0.1) is 0 Å². The minimum absolute atomic E-state index is 0.715. The van der Waals surface area contributed by atoms with Gasteiger partial charge in [0.15, 0.2) is 5.82 Å². The number of benzene rings is 1. The van der Waals surface area contributed by atoms with Gasteiger partial charge in [-0.05, 0) is 17.7 Å². The molecule has 0 aliphatic rings. The van der Waals surface area contributed by atoms with Crippen molar-refractivity contribution in [2.75, 3.05) is 6.54 Å². The highest BCUT2D eigenvalue weighted by atomic mass is 79.9. The Kier molecular flexibility index (Phi) is 4.53. The molecule has 0 spiro atoms. The lowest BCUT2D eigenvalue weighted by Crippen LogP contribution is -2.17. The SMILES string of the molecule is Clc1ccc(CNCCc2ncon2)c(Br)c1. The van der Waals surface area contributed by atoms with Crippen LogP contribution in [0.4, 0.5) is 0 Å². The summed E-state index contributed by atoms with van der Waals surface area (Å²) >= 11 is 9.34. The highest BCUT2D eigenvalue weighted by molar-refractivity contribution is 9.10. The molecule has 2 aromatic rings. The first-order chi connectivity index (χ1) is 8.25.